The van der Waals surface area contributed by atoms with Gasteiger partial charge in [0.1, 0.15) is 6.61 Å². The zero-order chi connectivity index (χ0) is 11.7. The van der Waals surface area contributed by atoms with E-state index in [-0.39, 0.29) is 13.2 Å². The molecule has 4 nitrogen and oxygen atoms in total. The molecule has 1 atom stereocenters. The number of alkyl halides is 3. The first-order valence-corrected chi connectivity index (χ1v) is 4.68. The number of ether oxygens (including phenoxy) is 2. The molecule has 0 rings (SSSR count). The summed E-state index contributed by atoms with van der Waals surface area (Å²) in [7, 11) is 0. The second-order valence-corrected chi connectivity index (χ2v) is 3.07. The molecule has 0 saturated carbocycles. The summed E-state index contributed by atoms with van der Waals surface area (Å²) < 4.78 is 44.7. The van der Waals surface area contributed by atoms with Crippen molar-refractivity contribution in [2.75, 3.05) is 26.4 Å². The second kappa shape index (κ2) is 7.86. The second-order valence-electron chi connectivity index (χ2n) is 3.07. The molecule has 0 spiro atoms. The molecule has 0 fully saturated rings. The van der Waals surface area contributed by atoms with Crippen LogP contribution in [-0.4, -0.2) is 38.6 Å². The molecule has 0 radical (unpaired) electrons. The third kappa shape index (κ3) is 9.92. The maximum absolute atomic E-state index is 11.7. The molecule has 0 aliphatic carbocycles. The number of hydrogen-bond acceptors (Lipinski definition) is 4. The van der Waals surface area contributed by atoms with E-state index in [0.29, 0.717) is 6.61 Å². The predicted molar refractivity (Wildman–Crippen MR) is 49.1 cm³/mol. The molecule has 0 amide bonds. The van der Waals surface area contributed by atoms with Crippen LogP contribution in [0.2, 0.25) is 0 Å². The highest BCUT2D eigenvalue weighted by Crippen LogP contribution is 2.14. The Labute approximate surface area is 86.9 Å². The number of hydrazine groups is 1. The Kier molecular flexibility index (Phi) is 7.67. The Morgan fingerprint density at radius 1 is 1.27 bits per heavy atom. The van der Waals surface area contributed by atoms with Crippen molar-refractivity contribution in [1.29, 1.82) is 0 Å². The van der Waals surface area contributed by atoms with Gasteiger partial charge in [0.15, 0.2) is 0 Å². The molecule has 0 aliphatic heterocycles. The van der Waals surface area contributed by atoms with E-state index >= 15 is 0 Å². The van der Waals surface area contributed by atoms with Crippen LogP contribution in [0.4, 0.5) is 13.2 Å². The molecule has 3 N–H and O–H groups in total. The van der Waals surface area contributed by atoms with Crippen LogP contribution in [-0.2, 0) is 9.47 Å². The van der Waals surface area contributed by atoms with E-state index in [1.807, 2.05) is 6.92 Å². The molecule has 92 valence electrons. The average molecular weight is 230 g/mol. The summed E-state index contributed by atoms with van der Waals surface area (Å²) in [5, 5.41) is 0. The lowest BCUT2D eigenvalue weighted by atomic mass is 10.3. The van der Waals surface area contributed by atoms with Gasteiger partial charge in [0, 0.05) is 6.61 Å². The number of nitrogens with one attached hydrogen (secondary N) is 1. The van der Waals surface area contributed by atoms with Crippen molar-refractivity contribution < 1.29 is 22.6 Å². The number of halogens is 3. The minimum Gasteiger partial charge on any atom is -0.380 e. The van der Waals surface area contributed by atoms with Gasteiger partial charge < -0.3 is 9.47 Å². The standard InChI is InChI=1S/C8H17F3N2O2/c1-2-3-14-4-7(13-12)5-15-6-8(9,10)11/h7,13H,2-6,12H2,1H3. The maximum Gasteiger partial charge on any atom is 0.411 e. The molecular weight excluding hydrogens is 213 g/mol. The van der Waals surface area contributed by atoms with Gasteiger partial charge in [0.05, 0.1) is 19.3 Å². The smallest absolute Gasteiger partial charge is 0.380 e. The van der Waals surface area contributed by atoms with Crippen LogP contribution < -0.4 is 11.3 Å². The van der Waals surface area contributed by atoms with E-state index in [1.165, 1.54) is 0 Å². The Morgan fingerprint density at radius 2 is 1.87 bits per heavy atom. The molecule has 15 heavy (non-hydrogen) atoms. The Hall–Kier alpha value is -0.370. The van der Waals surface area contributed by atoms with Gasteiger partial charge in [0.2, 0.25) is 0 Å². The number of nitrogens with two attached hydrogens (primary N) is 1. The summed E-state index contributed by atoms with van der Waals surface area (Å²) in [5.74, 6) is 5.11. The Morgan fingerprint density at radius 3 is 2.33 bits per heavy atom. The molecular formula is C8H17F3N2O2. The maximum atomic E-state index is 11.7. The quantitative estimate of drug-likeness (QED) is 0.368. The summed E-state index contributed by atoms with van der Waals surface area (Å²) in [6.07, 6.45) is -3.45. The topological polar surface area (TPSA) is 56.5 Å². The van der Waals surface area contributed by atoms with Gasteiger partial charge in [-0.2, -0.15) is 13.2 Å². The SMILES string of the molecule is CCCOCC(COCC(F)(F)F)NN. The largest absolute Gasteiger partial charge is 0.411 e. The van der Waals surface area contributed by atoms with Crippen LogP contribution >= 0.6 is 0 Å². The van der Waals surface area contributed by atoms with Crippen molar-refractivity contribution in [3.8, 4) is 0 Å². The third-order valence-corrected chi connectivity index (χ3v) is 1.49. The van der Waals surface area contributed by atoms with Gasteiger partial charge >= 0.3 is 6.18 Å². The minimum atomic E-state index is -4.30. The molecule has 7 heteroatoms. The first-order valence-electron chi connectivity index (χ1n) is 4.68. The number of hydrogen-bond donors (Lipinski definition) is 2. The van der Waals surface area contributed by atoms with Gasteiger partial charge in [-0.1, -0.05) is 6.92 Å². The molecule has 0 aromatic carbocycles. The first kappa shape index (κ1) is 14.6. The van der Waals surface area contributed by atoms with Crippen LogP contribution in [0.1, 0.15) is 13.3 Å². The van der Waals surface area contributed by atoms with Crippen LogP contribution in [0.5, 0.6) is 0 Å². The lowest BCUT2D eigenvalue weighted by molar-refractivity contribution is -0.176. The van der Waals surface area contributed by atoms with Gasteiger partial charge in [-0.3, -0.25) is 11.3 Å². The van der Waals surface area contributed by atoms with Gasteiger partial charge in [-0.05, 0) is 6.42 Å². The molecule has 0 aliphatic rings. The monoisotopic (exact) mass is 230 g/mol. The molecule has 0 aromatic rings. The first-order chi connectivity index (χ1) is 6.99. The van der Waals surface area contributed by atoms with Crippen LogP contribution in [0.15, 0.2) is 0 Å². The fourth-order valence-electron chi connectivity index (χ4n) is 0.831. The van der Waals surface area contributed by atoms with E-state index < -0.39 is 18.8 Å². The van der Waals surface area contributed by atoms with Crippen molar-refractivity contribution >= 4 is 0 Å². The summed E-state index contributed by atoms with van der Waals surface area (Å²) in [5.41, 5.74) is 2.33. The van der Waals surface area contributed by atoms with Crippen molar-refractivity contribution in [1.82, 2.24) is 5.43 Å². The summed E-state index contributed by atoms with van der Waals surface area (Å²) in [6.45, 7) is 1.34. The van der Waals surface area contributed by atoms with E-state index in [1.54, 1.807) is 0 Å². The minimum absolute atomic E-state index is 0.125. The van der Waals surface area contributed by atoms with Crippen LogP contribution in [0.3, 0.4) is 0 Å². The number of rotatable bonds is 8. The zero-order valence-corrected chi connectivity index (χ0v) is 8.64. The fourth-order valence-corrected chi connectivity index (χ4v) is 0.831. The Balaban J connectivity index is 3.52. The predicted octanol–water partition coefficient (Wildman–Crippen LogP) is 0.824. The van der Waals surface area contributed by atoms with E-state index in [4.69, 9.17) is 10.6 Å². The van der Waals surface area contributed by atoms with Crippen molar-refractivity contribution in [2.24, 2.45) is 5.84 Å². The lowest BCUT2D eigenvalue weighted by Crippen LogP contribution is -2.42. The van der Waals surface area contributed by atoms with Crippen LogP contribution in [0.25, 0.3) is 0 Å². The van der Waals surface area contributed by atoms with Gasteiger partial charge in [-0.15, -0.1) is 0 Å². The summed E-state index contributed by atoms with van der Waals surface area (Å²) in [6, 6.07) is -0.418. The summed E-state index contributed by atoms with van der Waals surface area (Å²) in [4.78, 5) is 0. The van der Waals surface area contributed by atoms with Crippen molar-refractivity contribution in [3.05, 3.63) is 0 Å². The highest BCUT2D eigenvalue weighted by molar-refractivity contribution is 4.61. The average Bonchev–Trinajstić information content (AvgIpc) is 2.14. The highest BCUT2D eigenvalue weighted by atomic mass is 19.4. The molecule has 1 unspecified atom stereocenters. The lowest BCUT2D eigenvalue weighted by Gasteiger charge is -2.16. The third-order valence-electron chi connectivity index (χ3n) is 1.49. The fraction of sp³-hybridized carbons (Fsp3) is 1.00. The van der Waals surface area contributed by atoms with Crippen molar-refractivity contribution in [2.45, 2.75) is 25.6 Å². The molecule has 0 saturated heterocycles. The van der Waals surface area contributed by atoms with E-state index in [2.05, 4.69) is 10.2 Å². The molecule has 0 aromatic heterocycles. The molecule has 0 bridgehead atoms. The van der Waals surface area contributed by atoms with Gasteiger partial charge in [-0.25, -0.2) is 0 Å². The Bertz CT molecular complexity index is 155. The van der Waals surface area contributed by atoms with Gasteiger partial charge in [0.25, 0.3) is 0 Å². The normalized spacial score (nSPS) is 14.2. The summed E-state index contributed by atoms with van der Waals surface area (Å²) >= 11 is 0. The van der Waals surface area contributed by atoms with E-state index in [0.717, 1.165) is 6.42 Å². The van der Waals surface area contributed by atoms with Crippen molar-refractivity contribution in [3.63, 3.8) is 0 Å². The zero-order valence-electron chi connectivity index (χ0n) is 8.64. The molecule has 0 heterocycles. The van der Waals surface area contributed by atoms with E-state index in [9.17, 15) is 13.2 Å². The highest BCUT2D eigenvalue weighted by Gasteiger charge is 2.27. The van der Waals surface area contributed by atoms with Crippen LogP contribution in [0, 0.1) is 0 Å².